The number of benzene rings is 1. The molecule has 0 saturated heterocycles. The predicted molar refractivity (Wildman–Crippen MR) is 78.6 cm³/mol. The zero-order valence-electron chi connectivity index (χ0n) is 12.2. The SMILES string of the molecule is CC(C)C(NCC1CCCCC1)c1ccc(F)cc1. The first-order valence-electron chi connectivity index (χ1n) is 7.65. The molecule has 19 heavy (non-hydrogen) atoms. The first kappa shape index (κ1) is 14.5. The van der Waals surface area contributed by atoms with Crippen LogP contribution in [0.5, 0.6) is 0 Å². The van der Waals surface area contributed by atoms with Gasteiger partial charge >= 0.3 is 0 Å². The molecule has 0 bridgehead atoms. The lowest BCUT2D eigenvalue weighted by atomic mass is 9.88. The molecule has 1 saturated carbocycles. The van der Waals surface area contributed by atoms with Gasteiger partial charge in [0.25, 0.3) is 0 Å². The molecule has 0 spiro atoms. The van der Waals surface area contributed by atoms with Crippen LogP contribution in [0.1, 0.15) is 57.6 Å². The van der Waals surface area contributed by atoms with Crippen molar-refractivity contribution in [2.24, 2.45) is 11.8 Å². The van der Waals surface area contributed by atoms with Crippen molar-refractivity contribution in [1.29, 1.82) is 0 Å². The fraction of sp³-hybridized carbons (Fsp3) is 0.647. The number of nitrogens with one attached hydrogen (secondary N) is 1. The number of hydrogen-bond donors (Lipinski definition) is 1. The molecule has 0 aromatic heterocycles. The van der Waals surface area contributed by atoms with Gasteiger partial charge in [-0.1, -0.05) is 45.2 Å². The molecule has 1 nitrogen and oxygen atoms in total. The number of rotatable bonds is 5. The summed E-state index contributed by atoms with van der Waals surface area (Å²) in [7, 11) is 0. The van der Waals surface area contributed by atoms with Crippen molar-refractivity contribution in [1.82, 2.24) is 5.32 Å². The molecule has 1 aromatic rings. The largest absolute Gasteiger partial charge is 0.309 e. The van der Waals surface area contributed by atoms with Gasteiger partial charge in [0, 0.05) is 6.04 Å². The van der Waals surface area contributed by atoms with Gasteiger partial charge in [-0.25, -0.2) is 4.39 Å². The van der Waals surface area contributed by atoms with Gasteiger partial charge in [0.1, 0.15) is 5.82 Å². The van der Waals surface area contributed by atoms with E-state index in [1.807, 2.05) is 12.1 Å². The first-order chi connectivity index (χ1) is 9.16. The standard InChI is InChI=1S/C17H26FN/c1-13(2)17(15-8-10-16(18)11-9-15)19-12-14-6-4-3-5-7-14/h8-11,13-14,17,19H,3-7,12H2,1-2H3. The van der Waals surface area contributed by atoms with E-state index in [4.69, 9.17) is 0 Å². The van der Waals surface area contributed by atoms with E-state index >= 15 is 0 Å². The van der Waals surface area contributed by atoms with Crippen LogP contribution in [0.4, 0.5) is 4.39 Å². The Balaban J connectivity index is 1.94. The average Bonchev–Trinajstić information content (AvgIpc) is 2.42. The Morgan fingerprint density at radius 1 is 1.11 bits per heavy atom. The van der Waals surface area contributed by atoms with Gasteiger partial charge in [0.05, 0.1) is 0 Å². The van der Waals surface area contributed by atoms with E-state index in [0.717, 1.165) is 12.5 Å². The van der Waals surface area contributed by atoms with Crippen molar-refractivity contribution in [3.63, 3.8) is 0 Å². The van der Waals surface area contributed by atoms with Crippen LogP contribution in [-0.4, -0.2) is 6.54 Å². The normalized spacial score (nSPS) is 18.7. The monoisotopic (exact) mass is 263 g/mol. The molecule has 1 aromatic carbocycles. The minimum atomic E-state index is -0.154. The second-order valence-corrected chi connectivity index (χ2v) is 6.19. The summed E-state index contributed by atoms with van der Waals surface area (Å²) >= 11 is 0. The summed E-state index contributed by atoms with van der Waals surface area (Å²) in [6, 6.07) is 7.28. The molecule has 0 aliphatic heterocycles. The van der Waals surface area contributed by atoms with Crippen LogP contribution < -0.4 is 5.32 Å². The summed E-state index contributed by atoms with van der Waals surface area (Å²) in [5, 5.41) is 3.70. The summed E-state index contributed by atoms with van der Waals surface area (Å²) in [5.74, 6) is 1.20. The fourth-order valence-corrected chi connectivity index (χ4v) is 3.09. The summed E-state index contributed by atoms with van der Waals surface area (Å²) < 4.78 is 13.0. The van der Waals surface area contributed by atoms with Crippen LogP contribution >= 0.6 is 0 Å². The van der Waals surface area contributed by atoms with Crippen LogP contribution in [-0.2, 0) is 0 Å². The Bertz CT molecular complexity index is 365. The molecular weight excluding hydrogens is 237 g/mol. The third-order valence-corrected chi connectivity index (χ3v) is 4.25. The van der Waals surface area contributed by atoms with E-state index < -0.39 is 0 Å². The van der Waals surface area contributed by atoms with Gasteiger partial charge in [0.2, 0.25) is 0 Å². The molecule has 2 heteroatoms. The Hall–Kier alpha value is -0.890. The molecule has 106 valence electrons. The van der Waals surface area contributed by atoms with Crippen molar-refractivity contribution in [2.75, 3.05) is 6.54 Å². The topological polar surface area (TPSA) is 12.0 Å². The fourth-order valence-electron chi connectivity index (χ4n) is 3.09. The molecule has 0 radical (unpaired) electrons. The molecule has 1 unspecified atom stereocenters. The maximum Gasteiger partial charge on any atom is 0.123 e. The Kier molecular flexibility index (Phi) is 5.38. The molecular formula is C17H26FN. The highest BCUT2D eigenvalue weighted by molar-refractivity contribution is 5.20. The highest BCUT2D eigenvalue weighted by Gasteiger charge is 2.19. The summed E-state index contributed by atoms with van der Waals surface area (Å²) in [4.78, 5) is 0. The van der Waals surface area contributed by atoms with Crippen molar-refractivity contribution >= 4 is 0 Å². The zero-order valence-corrected chi connectivity index (χ0v) is 12.2. The van der Waals surface area contributed by atoms with Gasteiger partial charge in [0.15, 0.2) is 0 Å². The van der Waals surface area contributed by atoms with E-state index in [1.165, 1.54) is 37.7 Å². The van der Waals surface area contributed by atoms with E-state index in [9.17, 15) is 4.39 Å². The molecule has 2 rings (SSSR count). The quantitative estimate of drug-likeness (QED) is 0.812. The summed E-state index contributed by atoms with van der Waals surface area (Å²) in [6.07, 6.45) is 6.90. The van der Waals surface area contributed by atoms with Crippen molar-refractivity contribution in [2.45, 2.75) is 52.0 Å². The highest BCUT2D eigenvalue weighted by atomic mass is 19.1. The molecule has 1 aliphatic rings. The van der Waals surface area contributed by atoms with Gasteiger partial charge in [-0.05, 0) is 48.9 Å². The lowest BCUT2D eigenvalue weighted by molar-refractivity contribution is 0.307. The van der Waals surface area contributed by atoms with Gasteiger partial charge < -0.3 is 5.32 Å². The number of hydrogen-bond acceptors (Lipinski definition) is 1. The maximum absolute atomic E-state index is 13.0. The average molecular weight is 263 g/mol. The Labute approximate surface area is 116 Å². The van der Waals surface area contributed by atoms with Crippen molar-refractivity contribution in [3.8, 4) is 0 Å². The van der Waals surface area contributed by atoms with Crippen LogP contribution in [0.3, 0.4) is 0 Å². The summed E-state index contributed by atoms with van der Waals surface area (Å²) in [6.45, 7) is 5.55. The number of halogens is 1. The second kappa shape index (κ2) is 7.04. The third kappa shape index (κ3) is 4.31. The molecule has 1 atom stereocenters. The minimum Gasteiger partial charge on any atom is -0.309 e. The van der Waals surface area contributed by atoms with Crippen LogP contribution in [0.25, 0.3) is 0 Å². The second-order valence-electron chi connectivity index (χ2n) is 6.19. The van der Waals surface area contributed by atoms with Gasteiger partial charge in [-0.2, -0.15) is 0 Å². The molecule has 1 N–H and O–H groups in total. The van der Waals surface area contributed by atoms with E-state index in [2.05, 4.69) is 19.2 Å². The van der Waals surface area contributed by atoms with E-state index in [-0.39, 0.29) is 5.82 Å². The predicted octanol–water partition coefficient (Wildman–Crippen LogP) is 4.69. The Morgan fingerprint density at radius 2 is 1.74 bits per heavy atom. The smallest absolute Gasteiger partial charge is 0.123 e. The minimum absolute atomic E-state index is 0.154. The maximum atomic E-state index is 13.0. The molecule has 1 aliphatic carbocycles. The third-order valence-electron chi connectivity index (χ3n) is 4.25. The highest BCUT2D eigenvalue weighted by Crippen LogP contribution is 2.26. The van der Waals surface area contributed by atoms with Gasteiger partial charge in [-0.3, -0.25) is 0 Å². The molecule has 0 amide bonds. The van der Waals surface area contributed by atoms with Crippen molar-refractivity contribution < 1.29 is 4.39 Å². The van der Waals surface area contributed by atoms with Crippen LogP contribution in [0.2, 0.25) is 0 Å². The molecule has 1 fully saturated rings. The van der Waals surface area contributed by atoms with Crippen LogP contribution in [0.15, 0.2) is 24.3 Å². The lowest BCUT2D eigenvalue weighted by Gasteiger charge is -2.28. The first-order valence-corrected chi connectivity index (χ1v) is 7.65. The van der Waals surface area contributed by atoms with Gasteiger partial charge in [-0.15, -0.1) is 0 Å². The van der Waals surface area contributed by atoms with Crippen LogP contribution in [0, 0.1) is 17.7 Å². The van der Waals surface area contributed by atoms with Crippen molar-refractivity contribution in [3.05, 3.63) is 35.6 Å². The Morgan fingerprint density at radius 3 is 2.32 bits per heavy atom. The zero-order chi connectivity index (χ0) is 13.7. The van der Waals surface area contributed by atoms with E-state index in [1.54, 1.807) is 12.1 Å². The lowest BCUT2D eigenvalue weighted by Crippen LogP contribution is -2.31. The van der Waals surface area contributed by atoms with E-state index in [0.29, 0.717) is 12.0 Å². The molecule has 0 heterocycles. The summed E-state index contributed by atoms with van der Waals surface area (Å²) in [5.41, 5.74) is 1.20.